The number of nitrogens with one attached hydrogen (secondary N) is 1. The first kappa shape index (κ1) is 21.2. The van der Waals surface area contributed by atoms with Crippen LogP contribution in [-0.4, -0.2) is 81.3 Å². The summed E-state index contributed by atoms with van der Waals surface area (Å²) in [6.45, 7) is 3.91. The molecular weight excluding hydrogens is 354 g/mol. The smallest absolute Gasteiger partial charge is 0.225 e. The van der Waals surface area contributed by atoms with Crippen molar-refractivity contribution in [1.82, 2.24) is 15.1 Å². The zero-order chi connectivity index (χ0) is 19.3. The third kappa shape index (κ3) is 5.67. The molecule has 150 valence electrons. The van der Waals surface area contributed by atoms with Gasteiger partial charge in [-0.15, -0.1) is 0 Å². The van der Waals surface area contributed by atoms with Crippen molar-refractivity contribution in [2.45, 2.75) is 45.1 Å². The lowest BCUT2D eigenvalue weighted by Crippen LogP contribution is -2.45. The number of rotatable bonds is 7. The molecule has 0 aromatic rings. The second-order valence-corrected chi connectivity index (χ2v) is 10.1. The number of nitrogens with zero attached hydrogens (tertiary/aromatic N) is 2. The second-order valence-electron chi connectivity index (χ2n) is 7.82. The van der Waals surface area contributed by atoms with Crippen molar-refractivity contribution in [1.29, 1.82) is 0 Å². The largest absolute Gasteiger partial charge is 0.355 e. The van der Waals surface area contributed by atoms with E-state index in [-0.39, 0.29) is 41.2 Å². The van der Waals surface area contributed by atoms with E-state index in [1.807, 2.05) is 25.9 Å². The molecule has 1 aliphatic carbocycles. The molecule has 0 aromatic carbocycles. The van der Waals surface area contributed by atoms with Gasteiger partial charge in [0.1, 0.15) is 0 Å². The van der Waals surface area contributed by atoms with Crippen molar-refractivity contribution in [3.8, 4) is 0 Å². The summed E-state index contributed by atoms with van der Waals surface area (Å²) in [5.41, 5.74) is 0. The Morgan fingerprint density at radius 3 is 2.15 bits per heavy atom. The third-order valence-electron chi connectivity index (χ3n) is 5.58. The van der Waals surface area contributed by atoms with E-state index < -0.39 is 9.84 Å². The van der Waals surface area contributed by atoms with Crippen LogP contribution in [0.3, 0.4) is 0 Å². The first-order chi connectivity index (χ1) is 12.2. The molecule has 7 nitrogen and oxygen atoms in total. The van der Waals surface area contributed by atoms with Crippen molar-refractivity contribution in [3.63, 3.8) is 0 Å². The van der Waals surface area contributed by atoms with Crippen molar-refractivity contribution in [3.05, 3.63) is 0 Å². The van der Waals surface area contributed by atoms with Gasteiger partial charge in [-0.25, -0.2) is 8.42 Å². The van der Waals surface area contributed by atoms with E-state index in [2.05, 4.69) is 5.32 Å². The molecule has 0 bridgehead atoms. The Kier molecular flexibility index (Phi) is 7.46. The van der Waals surface area contributed by atoms with Gasteiger partial charge in [0.2, 0.25) is 11.8 Å². The van der Waals surface area contributed by atoms with Crippen molar-refractivity contribution in [2.24, 2.45) is 11.8 Å². The standard InChI is InChI=1S/C18H33N3O4S/c1-4-21(16-9-12-26(24,25)13-16)18(23)15-7-5-14(6-8-15)17(22)19-10-11-20(2)3/h14-16H,4-13H2,1-3H3,(H,19,22). The van der Waals surface area contributed by atoms with Gasteiger partial charge in [0.05, 0.1) is 11.5 Å². The highest BCUT2D eigenvalue weighted by Crippen LogP contribution is 2.31. The minimum absolute atomic E-state index is 0.0110. The summed E-state index contributed by atoms with van der Waals surface area (Å²) in [6, 6.07) is -0.176. The zero-order valence-electron chi connectivity index (χ0n) is 16.2. The number of carbonyl (C=O) groups excluding carboxylic acids is 2. The lowest BCUT2D eigenvalue weighted by atomic mass is 9.80. The van der Waals surface area contributed by atoms with Crippen molar-refractivity contribution < 1.29 is 18.0 Å². The van der Waals surface area contributed by atoms with Gasteiger partial charge in [0, 0.05) is 37.5 Å². The molecule has 2 rings (SSSR count). The SMILES string of the molecule is CCN(C(=O)C1CCC(C(=O)NCCN(C)C)CC1)C1CCS(=O)(=O)C1. The first-order valence-corrected chi connectivity index (χ1v) is 11.5. The monoisotopic (exact) mass is 387 g/mol. The van der Waals surface area contributed by atoms with Gasteiger partial charge in [-0.2, -0.15) is 0 Å². The summed E-state index contributed by atoms with van der Waals surface area (Å²) in [7, 11) is 0.940. The van der Waals surface area contributed by atoms with E-state index in [9.17, 15) is 18.0 Å². The normalized spacial score (nSPS) is 28.1. The Morgan fingerprint density at radius 1 is 1.04 bits per heavy atom. The highest BCUT2D eigenvalue weighted by Gasteiger charge is 2.38. The van der Waals surface area contributed by atoms with Gasteiger partial charge in [0.15, 0.2) is 9.84 Å². The molecule has 1 saturated heterocycles. The highest BCUT2D eigenvalue weighted by atomic mass is 32.2. The van der Waals surface area contributed by atoms with Crippen molar-refractivity contribution in [2.75, 3.05) is 45.2 Å². The second kappa shape index (κ2) is 9.17. The first-order valence-electron chi connectivity index (χ1n) is 9.67. The quantitative estimate of drug-likeness (QED) is 0.688. The summed E-state index contributed by atoms with van der Waals surface area (Å²) in [4.78, 5) is 28.9. The molecule has 0 aromatic heterocycles. The maximum absolute atomic E-state index is 12.9. The number of hydrogen-bond donors (Lipinski definition) is 1. The van der Waals surface area contributed by atoms with Gasteiger partial charge in [-0.1, -0.05) is 0 Å². The minimum atomic E-state index is -3.00. The molecule has 26 heavy (non-hydrogen) atoms. The van der Waals surface area contributed by atoms with Gasteiger partial charge >= 0.3 is 0 Å². The third-order valence-corrected chi connectivity index (χ3v) is 7.33. The Balaban J connectivity index is 1.82. The Hall–Kier alpha value is -1.15. The van der Waals surface area contributed by atoms with E-state index in [0.29, 0.717) is 32.4 Å². The van der Waals surface area contributed by atoms with Crippen LogP contribution in [-0.2, 0) is 19.4 Å². The predicted molar refractivity (Wildman–Crippen MR) is 101 cm³/mol. The summed E-state index contributed by atoms with van der Waals surface area (Å²) in [6.07, 6.45) is 3.42. The van der Waals surface area contributed by atoms with E-state index in [1.54, 1.807) is 4.90 Å². The van der Waals surface area contributed by atoms with Crippen molar-refractivity contribution >= 4 is 21.7 Å². The molecule has 1 N–H and O–H groups in total. The van der Waals surface area contributed by atoms with Crippen LogP contribution in [0.15, 0.2) is 0 Å². The van der Waals surface area contributed by atoms with Crippen LogP contribution in [0.25, 0.3) is 0 Å². The summed E-state index contributed by atoms with van der Waals surface area (Å²) >= 11 is 0. The number of sulfone groups is 1. The molecule has 0 spiro atoms. The number of hydrogen-bond acceptors (Lipinski definition) is 5. The number of likely N-dealkylation sites (N-methyl/N-ethyl adjacent to an activating group) is 1. The predicted octanol–water partition coefficient (Wildman–Crippen LogP) is 0.506. The zero-order valence-corrected chi connectivity index (χ0v) is 17.1. The molecule has 8 heteroatoms. The van der Waals surface area contributed by atoms with E-state index in [1.165, 1.54) is 0 Å². The van der Waals surface area contributed by atoms with E-state index in [4.69, 9.17) is 0 Å². The molecule has 1 aliphatic heterocycles. The molecule has 0 radical (unpaired) electrons. The molecule has 1 atom stereocenters. The maximum Gasteiger partial charge on any atom is 0.225 e. The van der Waals surface area contributed by atoms with Crippen LogP contribution >= 0.6 is 0 Å². The Labute approximate surface area is 157 Å². The van der Waals surface area contributed by atoms with Crippen LogP contribution in [0, 0.1) is 11.8 Å². The topological polar surface area (TPSA) is 86.8 Å². The Bertz CT molecular complexity index is 598. The van der Waals surface area contributed by atoms with Gasteiger partial charge < -0.3 is 15.1 Å². The van der Waals surface area contributed by atoms with Crippen LogP contribution in [0.5, 0.6) is 0 Å². The van der Waals surface area contributed by atoms with Gasteiger partial charge in [0.25, 0.3) is 0 Å². The summed E-state index contributed by atoms with van der Waals surface area (Å²) < 4.78 is 23.4. The van der Waals surface area contributed by atoms with E-state index in [0.717, 1.165) is 19.4 Å². The maximum atomic E-state index is 12.9. The fourth-order valence-corrected chi connectivity index (χ4v) is 5.73. The van der Waals surface area contributed by atoms with Gasteiger partial charge in [-0.3, -0.25) is 9.59 Å². The molecule has 2 amide bonds. The molecular formula is C18H33N3O4S. The van der Waals surface area contributed by atoms with E-state index >= 15 is 0 Å². The average Bonchev–Trinajstić information content (AvgIpc) is 2.94. The van der Waals surface area contributed by atoms with Crippen LogP contribution < -0.4 is 5.32 Å². The highest BCUT2D eigenvalue weighted by molar-refractivity contribution is 7.91. The number of carbonyl (C=O) groups is 2. The minimum Gasteiger partial charge on any atom is -0.355 e. The molecule has 1 unspecified atom stereocenters. The number of amides is 2. The van der Waals surface area contributed by atoms with Crippen LogP contribution in [0.1, 0.15) is 39.0 Å². The summed E-state index contributed by atoms with van der Waals surface area (Å²) in [5, 5.41) is 2.97. The molecule has 1 heterocycles. The average molecular weight is 388 g/mol. The Morgan fingerprint density at radius 2 is 1.65 bits per heavy atom. The van der Waals surface area contributed by atoms with Crippen LogP contribution in [0.4, 0.5) is 0 Å². The fraction of sp³-hybridized carbons (Fsp3) is 0.889. The fourth-order valence-electron chi connectivity index (χ4n) is 4.00. The molecule has 2 fully saturated rings. The molecule has 1 saturated carbocycles. The lowest BCUT2D eigenvalue weighted by Gasteiger charge is -2.34. The van der Waals surface area contributed by atoms with Crippen LogP contribution in [0.2, 0.25) is 0 Å². The summed E-state index contributed by atoms with van der Waals surface area (Å²) in [5.74, 6) is 0.345. The van der Waals surface area contributed by atoms with Gasteiger partial charge in [-0.05, 0) is 53.1 Å². The lowest BCUT2D eigenvalue weighted by molar-refractivity contribution is -0.140. The molecule has 2 aliphatic rings.